The van der Waals surface area contributed by atoms with E-state index in [0.29, 0.717) is 0 Å². The summed E-state index contributed by atoms with van der Waals surface area (Å²) in [6.07, 6.45) is 0. The minimum absolute atomic E-state index is 1.14. The second-order valence-corrected chi connectivity index (χ2v) is 3.82. The Hall–Kier alpha value is -2.00. The third-order valence-electron chi connectivity index (χ3n) is 2.75. The van der Waals surface area contributed by atoms with E-state index in [2.05, 4.69) is 40.9 Å². The van der Waals surface area contributed by atoms with Gasteiger partial charge in [-0.05, 0) is 24.3 Å². The zero-order valence-corrected chi connectivity index (χ0v) is 9.09. The van der Waals surface area contributed by atoms with E-state index in [1.165, 1.54) is 11.4 Å². The zero-order valence-electron chi connectivity index (χ0n) is 9.09. The smallest absolute Gasteiger partial charge is 0.0843 e. The highest BCUT2D eigenvalue weighted by molar-refractivity contribution is 5.79. The Labute approximate surface area is 94.9 Å². The van der Waals surface area contributed by atoms with E-state index in [4.69, 9.17) is 0 Å². The maximum Gasteiger partial charge on any atom is 0.0843 e. The lowest BCUT2D eigenvalue weighted by Gasteiger charge is -2.19. The first-order chi connectivity index (χ1) is 7.86. The molecule has 1 N–H and O–H groups in total. The van der Waals surface area contributed by atoms with Crippen LogP contribution in [0.2, 0.25) is 0 Å². The summed E-state index contributed by atoms with van der Waals surface area (Å²) >= 11 is 0. The van der Waals surface area contributed by atoms with Gasteiger partial charge < -0.3 is 0 Å². The van der Waals surface area contributed by atoms with Crippen molar-refractivity contribution < 1.29 is 0 Å². The Morgan fingerprint density at radius 1 is 0.812 bits per heavy atom. The minimum Gasteiger partial charge on any atom is -0.291 e. The van der Waals surface area contributed by atoms with Crippen molar-refractivity contribution in [3.05, 3.63) is 54.6 Å². The van der Waals surface area contributed by atoms with Crippen LogP contribution in [0.3, 0.4) is 0 Å². The lowest BCUT2D eigenvalue weighted by Crippen LogP contribution is -2.39. The van der Waals surface area contributed by atoms with E-state index in [9.17, 15) is 0 Å². The van der Waals surface area contributed by atoms with E-state index in [0.717, 1.165) is 5.69 Å². The van der Waals surface area contributed by atoms with Crippen molar-refractivity contribution in [2.75, 3.05) is 17.1 Å². The van der Waals surface area contributed by atoms with E-state index in [1.807, 2.05) is 36.3 Å². The predicted octanol–water partition coefficient (Wildman–Crippen LogP) is 2.69. The fourth-order valence-corrected chi connectivity index (χ4v) is 1.97. The van der Waals surface area contributed by atoms with Crippen molar-refractivity contribution in [2.24, 2.45) is 0 Å². The van der Waals surface area contributed by atoms with Crippen LogP contribution in [0.25, 0.3) is 0 Å². The number of para-hydroxylation sites is 3. The molecular weight excluding hydrogens is 198 g/mol. The second-order valence-electron chi connectivity index (χ2n) is 3.82. The van der Waals surface area contributed by atoms with E-state index < -0.39 is 0 Å². The van der Waals surface area contributed by atoms with E-state index >= 15 is 0 Å². The lowest BCUT2D eigenvalue weighted by molar-refractivity contribution is 0.737. The summed E-state index contributed by atoms with van der Waals surface area (Å²) < 4.78 is 0. The van der Waals surface area contributed by atoms with E-state index in [-0.39, 0.29) is 0 Å². The molecule has 0 bridgehead atoms. The topological polar surface area (TPSA) is 18.5 Å². The molecule has 3 rings (SSSR count). The molecule has 0 radical (unpaired) electrons. The Bertz CT molecular complexity index is 496. The van der Waals surface area contributed by atoms with Gasteiger partial charge in [0, 0.05) is 7.05 Å². The summed E-state index contributed by atoms with van der Waals surface area (Å²) in [5.41, 5.74) is 6.80. The average Bonchev–Trinajstić information content (AvgIpc) is 2.69. The molecule has 2 aromatic carbocycles. The fourth-order valence-electron chi connectivity index (χ4n) is 1.97. The molecule has 2 aromatic rings. The third kappa shape index (κ3) is 1.33. The molecule has 0 aliphatic carbocycles. The number of benzene rings is 2. The Morgan fingerprint density at radius 3 is 2.19 bits per heavy atom. The van der Waals surface area contributed by atoms with Gasteiger partial charge in [-0.2, -0.15) is 0 Å². The molecule has 80 valence electrons. The molecule has 0 spiro atoms. The highest BCUT2D eigenvalue weighted by Gasteiger charge is 2.23. The number of fused-ring (bicyclic) bond motifs is 1. The summed E-state index contributed by atoms with van der Waals surface area (Å²) in [5, 5.41) is 4.09. The van der Waals surface area contributed by atoms with Crippen LogP contribution < -0.4 is 15.6 Å². The van der Waals surface area contributed by atoms with Gasteiger partial charge in [-0.1, -0.05) is 30.3 Å². The van der Waals surface area contributed by atoms with Gasteiger partial charge in [-0.3, -0.25) is 10.0 Å². The van der Waals surface area contributed by atoms with Crippen LogP contribution in [-0.4, -0.2) is 7.05 Å². The number of rotatable bonds is 1. The van der Waals surface area contributed by atoms with Crippen LogP contribution in [0.5, 0.6) is 0 Å². The molecule has 1 aliphatic heterocycles. The number of hydrazine groups is 2. The van der Waals surface area contributed by atoms with Crippen molar-refractivity contribution in [3.8, 4) is 0 Å². The number of nitrogens with one attached hydrogen (secondary N) is 1. The fraction of sp³-hybridized carbons (Fsp3) is 0.0769. The van der Waals surface area contributed by atoms with Crippen LogP contribution in [0.1, 0.15) is 0 Å². The molecule has 0 saturated heterocycles. The second kappa shape index (κ2) is 3.54. The van der Waals surface area contributed by atoms with Gasteiger partial charge in [0.1, 0.15) is 0 Å². The van der Waals surface area contributed by atoms with Crippen LogP contribution in [0.15, 0.2) is 54.6 Å². The molecular formula is C13H13N3. The van der Waals surface area contributed by atoms with Gasteiger partial charge in [0.2, 0.25) is 0 Å². The molecule has 1 heterocycles. The van der Waals surface area contributed by atoms with Gasteiger partial charge >= 0.3 is 0 Å². The van der Waals surface area contributed by atoms with Gasteiger partial charge in [-0.15, -0.1) is 5.53 Å². The predicted molar refractivity (Wildman–Crippen MR) is 66.6 cm³/mol. The molecule has 0 unspecified atom stereocenters. The summed E-state index contributed by atoms with van der Waals surface area (Å²) in [7, 11) is 2.02. The number of hydrogen-bond acceptors (Lipinski definition) is 3. The van der Waals surface area contributed by atoms with Crippen LogP contribution >= 0.6 is 0 Å². The summed E-state index contributed by atoms with van der Waals surface area (Å²) in [6, 6.07) is 18.6. The summed E-state index contributed by atoms with van der Waals surface area (Å²) in [4.78, 5) is 0. The maximum atomic E-state index is 3.30. The van der Waals surface area contributed by atoms with Crippen LogP contribution in [0, 0.1) is 0 Å². The van der Waals surface area contributed by atoms with Crippen LogP contribution in [0.4, 0.5) is 17.1 Å². The quantitative estimate of drug-likeness (QED) is 0.782. The molecule has 0 amide bonds. The molecule has 1 aliphatic rings. The highest BCUT2D eigenvalue weighted by atomic mass is 15.8. The molecule has 3 nitrogen and oxygen atoms in total. The Morgan fingerprint density at radius 2 is 1.44 bits per heavy atom. The summed E-state index contributed by atoms with van der Waals surface area (Å²) in [6.45, 7) is 0. The molecule has 16 heavy (non-hydrogen) atoms. The van der Waals surface area contributed by atoms with E-state index in [1.54, 1.807) is 0 Å². The molecule has 0 atom stereocenters. The summed E-state index contributed by atoms with van der Waals surface area (Å²) in [5.74, 6) is 0. The molecule has 0 aromatic heterocycles. The first-order valence-corrected chi connectivity index (χ1v) is 5.30. The van der Waals surface area contributed by atoms with Crippen molar-refractivity contribution >= 4 is 17.1 Å². The Balaban J connectivity index is 2.07. The first-order valence-electron chi connectivity index (χ1n) is 5.30. The molecule has 0 saturated carbocycles. The normalized spacial score (nSPS) is 14.1. The SMILES string of the molecule is CN1NN(c2ccccc2)c2ccccc21. The molecule has 0 fully saturated rings. The average molecular weight is 211 g/mol. The largest absolute Gasteiger partial charge is 0.291 e. The van der Waals surface area contributed by atoms with Crippen molar-refractivity contribution in [1.82, 2.24) is 5.53 Å². The van der Waals surface area contributed by atoms with Crippen molar-refractivity contribution in [2.45, 2.75) is 0 Å². The highest BCUT2D eigenvalue weighted by Crippen LogP contribution is 2.36. The first kappa shape index (κ1) is 9.24. The lowest BCUT2D eigenvalue weighted by atomic mass is 10.2. The van der Waals surface area contributed by atoms with Gasteiger partial charge in [0.05, 0.1) is 17.1 Å². The molecule has 3 heteroatoms. The van der Waals surface area contributed by atoms with Crippen LogP contribution in [-0.2, 0) is 0 Å². The van der Waals surface area contributed by atoms with Gasteiger partial charge in [-0.25, -0.2) is 0 Å². The van der Waals surface area contributed by atoms with Crippen molar-refractivity contribution in [3.63, 3.8) is 0 Å². The standard InChI is InChI=1S/C13H13N3/c1-15-12-9-5-6-10-13(12)16(14-15)11-7-3-2-4-8-11/h2-10,14H,1H3. The maximum absolute atomic E-state index is 3.30. The van der Waals surface area contributed by atoms with Crippen molar-refractivity contribution in [1.29, 1.82) is 0 Å². The number of hydrogen-bond donors (Lipinski definition) is 1. The number of nitrogens with zero attached hydrogens (tertiary/aromatic N) is 2. The monoisotopic (exact) mass is 211 g/mol. The number of anilines is 3. The third-order valence-corrected chi connectivity index (χ3v) is 2.75. The van der Waals surface area contributed by atoms with Gasteiger partial charge in [0.15, 0.2) is 0 Å². The zero-order chi connectivity index (χ0) is 11.0. The Kier molecular flexibility index (Phi) is 2.04. The van der Waals surface area contributed by atoms with Gasteiger partial charge in [0.25, 0.3) is 0 Å². The minimum atomic E-state index is 1.14.